The molecular weight excluding hydrogens is 232 g/mol. The van der Waals surface area contributed by atoms with Crippen molar-refractivity contribution in [3.8, 4) is 0 Å². The van der Waals surface area contributed by atoms with Crippen molar-refractivity contribution < 1.29 is 9.53 Å². The Balaban J connectivity index is 1.82. The van der Waals surface area contributed by atoms with Crippen LogP contribution in [-0.2, 0) is 9.53 Å². The highest BCUT2D eigenvalue weighted by atomic mass is 16.5. The molecule has 2 aliphatic rings. The maximum Gasteiger partial charge on any atom is 0.251 e. The highest BCUT2D eigenvalue weighted by Crippen LogP contribution is 2.15. The van der Waals surface area contributed by atoms with Crippen molar-refractivity contribution in [3.05, 3.63) is 0 Å². The van der Waals surface area contributed by atoms with Crippen molar-refractivity contribution in [2.24, 2.45) is 10.7 Å². The van der Waals surface area contributed by atoms with Crippen LogP contribution in [0.4, 0.5) is 0 Å². The number of carbonyl (C=O) groups is 1. The smallest absolute Gasteiger partial charge is 0.251 e. The molecule has 0 aliphatic carbocycles. The molecule has 6 heteroatoms. The first-order valence-electron chi connectivity index (χ1n) is 6.67. The van der Waals surface area contributed by atoms with Crippen molar-refractivity contribution in [3.63, 3.8) is 0 Å². The van der Waals surface area contributed by atoms with E-state index in [0.29, 0.717) is 32.2 Å². The van der Waals surface area contributed by atoms with Crippen LogP contribution in [-0.4, -0.2) is 67.1 Å². The van der Waals surface area contributed by atoms with E-state index in [1.165, 1.54) is 0 Å². The molecular formula is C12H22N4O2. The second-order valence-electron chi connectivity index (χ2n) is 4.65. The number of nitrogens with zero attached hydrogens (tertiary/aromatic N) is 3. The van der Waals surface area contributed by atoms with Gasteiger partial charge in [-0.15, -0.1) is 0 Å². The molecule has 0 saturated carbocycles. The molecule has 0 spiro atoms. The number of piperazine rings is 1. The molecule has 18 heavy (non-hydrogen) atoms. The Morgan fingerprint density at radius 1 is 1.33 bits per heavy atom. The largest absolute Gasteiger partial charge is 0.370 e. The fourth-order valence-corrected chi connectivity index (χ4v) is 2.39. The standard InChI is InChI=1S/C12H22N4O2/c1-2-14-12(13)16-7-5-15(6-8-16)11(17)10-4-3-9-18-10/h10H,2-9H2,1H3,(H2,13,14). The van der Waals surface area contributed by atoms with Gasteiger partial charge >= 0.3 is 0 Å². The maximum atomic E-state index is 12.1. The van der Waals surface area contributed by atoms with E-state index in [-0.39, 0.29) is 12.0 Å². The average molecular weight is 254 g/mol. The van der Waals surface area contributed by atoms with Gasteiger partial charge in [0.05, 0.1) is 0 Å². The van der Waals surface area contributed by atoms with Gasteiger partial charge < -0.3 is 20.3 Å². The summed E-state index contributed by atoms with van der Waals surface area (Å²) in [5.41, 5.74) is 5.85. The van der Waals surface area contributed by atoms with Crippen molar-refractivity contribution >= 4 is 11.9 Å². The lowest BCUT2D eigenvalue weighted by Gasteiger charge is -2.36. The van der Waals surface area contributed by atoms with Crippen molar-refractivity contribution in [2.75, 3.05) is 39.3 Å². The van der Waals surface area contributed by atoms with E-state index in [9.17, 15) is 4.79 Å². The van der Waals surface area contributed by atoms with Crippen molar-refractivity contribution in [1.29, 1.82) is 0 Å². The Morgan fingerprint density at radius 3 is 2.56 bits per heavy atom. The molecule has 102 valence electrons. The molecule has 0 aromatic rings. The van der Waals surface area contributed by atoms with Crippen molar-refractivity contribution in [2.45, 2.75) is 25.9 Å². The van der Waals surface area contributed by atoms with Crippen LogP contribution in [0, 0.1) is 0 Å². The second-order valence-corrected chi connectivity index (χ2v) is 4.65. The summed E-state index contributed by atoms with van der Waals surface area (Å²) in [6.45, 7) is 6.30. The summed E-state index contributed by atoms with van der Waals surface area (Å²) in [5.74, 6) is 0.722. The van der Waals surface area contributed by atoms with Gasteiger partial charge in [0.25, 0.3) is 5.91 Å². The van der Waals surface area contributed by atoms with Gasteiger partial charge in [0.15, 0.2) is 5.96 Å². The zero-order valence-corrected chi connectivity index (χ0v) is 11.0. The number of nitrogens with two attached hydrogens (primary N) is 1. The molecule has 0 bridgehead atoms. The molecule has 6 nitrogen and oxygen atoms in total. The minimum Gasteiger partial charge on any atom is -0.370 e. The molecule has 0 aromatic carbocycles. The second kappa shape index (κ2) is 6.04. The first-order chi connectivity index (χ1) is 8.72. The van der Waals surface area contributed by atoms with Gasteiger partial charge in [0.2, 0.25) is 0 Å². The molecule has 1 atom stereocenters. The van der Waals surface area contributed by atoms with Gasteiger partial charge in [-0.05, 0) is 19.8 Å². The van der Waals surface area contributed by atoms with Crippen LogP contribution < -0.4 is 5.73 Å². The lowest BCUT2D eigenvalue weighted by molar-refractivity contribution is -0.142. The molecule has 2 fully saturated rings. The Kier molecular flexibility index (Phi) is 4.41. The molecule has 2 saturated heterocycles. The van der Waals surface area contributed by atoms with Crippen LogP contribution >= 0.6 is 0 Å². The van der Waals surface area contributed by atoms with E-state index in [2.05, 4.69) is 4.99 Å². The Labute approximate surface area is 108 Å². The van der Waals surface area contributed by atoms with Crippen LogP contribution in [0.3, 0.4) is 0 Å². The highest BCUT2D eigenvalue weighted by molar-refractivity contribution is 5.82. The Bertz CT molecular complexity index is 318. The number of carbonyl (C=O) groups excluding carboxylic acids is 1. The number of aliphatic imine (C=N–C) groups is 1. The fraction of sp³-hybridized carbons (Fsp3) is 0.833. The normalized spacial score (nSPS) is 25.6. The fourth-order valence-electron chi connectivity index (χ4n) is 2.39. The topological polar surface area (TPSA) is 71.2 Å². The number of rotatable bonds is 2. The lowest BCUT2D eigenvalue weighted by atomic mass is 10.2. The number of guanidine groups is 1. The third-order valence-electron chi connectivity index (χ3n) is 3.44. The maximum absolute atomic E-state index is 12.1. The van der Waals surface area contributed by atoms with E-state index in [1.807, 2.05) is 16.7 Å². The van der Waals surface area contributed by atoms with Crippen LogP contribution in [0.2, 0.25) is 0 Å². The summed E-state index contributed by atoms with van der Waals surface area (Å²) >= 11 is 0. The van der Waals surface area contributed by atoms with E-state index < -0.39 is 0 Å². The summed E-state index contributed by atoms with van der Waals surface area (Å²) in [5, 5.41) is 0. The van der Waals surface area contributed by atoms with Crippen LogP contribution in [0.5, 0.6) is 0 Å². The van der Waals surface area contributed by atoms with E-state index in [1.54, 1.807) is 0 Å². The van der Waals surface area contributed by atoms with Gasteiger partial charge in [-0.1, -0.05) is 0 Å². The van der Waals surface area contributed by atoms with Gasteiger partial charge in [-0.25, -0.2) is 0 Å². The quantitative estimate of drug-likeness (QED) is 0.540. The summed E-state index contributed by atoms with van der Waals surface area (Å²) in [7, 11) is 0. The molecule has 2 rings (SSSR count). The van der Waals surface area contributed by atoms with Gasteiger partial charge in [-0.3, -0.25) is 9.79 Å². The minimum absolute atomic E-state index is 0.137. The third kappa shape index (κ3) is 2.93. The van der Waals surface area contributed by atoms with E-state index in [4.69, 9.17) is 10.5 Å². The number of hydrogen-bond donors (Lipinski definition) is 1. The Hall–Kier alpha value is -1.30. The molecule has 1 unspecified atom stereocenters. The number of amides is 1. The third-order valence-corrected chi connectivity index (χ3v) is 3.44. The Morgan fingerprint density at radius 2 is 2.00 bits per heavy atom. The van der Waals surface area contributed by atoms with Crippen molar-refractivity contribution in [1.82, 2.24) is 9.80 Å². The SMILES string of the molecule is CCN=C(N)N1CCN(C(=O)C2CCCO2)CC1. The van der Waals surface area contributed by atoms with Gasteiger partial charge in [-0.2, -0.15) is 0 Å². The average Bonchev–Trinajstić information content (AvgIpc) is 2.92. The minimum atomic E-state index is -0.210. The van der Waals surface area contributed by atoms with Gasteiger partial charge in [0, 0.05) is 39.3 Å². The van der Waals surface area contributed by atoms with Crippen LogP contribution in [0.25, 0.3) is 0 Å². The molecule has 1 amide bonds. The monoisotopic (exact) mass is 254 g/mol. The zero-order chi connectivity index (χ0) is 13.0. The van der Waals surface area contributed by atoms with Crippen LogP contribution in [0.15, 0.2) is 4.99 Å². The summed E-state index contributed by atoms with van der Waals surface area (Å²) in [6, 6.07) is 0. The molecule has 2 aliphatic heterocycles. The summed E-state index contributed by atoms with van der Waals surface area (Å²) in [6.07, 6.45) is 1.64. The predicted octanol–water partition coefficient (Wildman–Crippen LogP) is -0.356. The predicted molar refractivity (Wildman–Crippen MR) is 69.3 cm³/mol. The van der Waals surface area contributed by atoms with E-state index in [0.717, 1.165) is 25.9 Å². The molecule has 0 radical (unpaired) electrons. The van der Waals surface area contributed by atoms with Crippen LogP contribution in [0.1, 0.15) is 19.8 Å². The molecule has 2 heterocycles. The zero-order valence-electron chi connectivity index (χ0n) is 11.0. The van der Waals surface area contributed by atoms with Gasteiger partial charge in [0.1, 0.15) is 6.10 Å². The summed E-state index contributed by atoms with van der Waals surface area (Å²) < 4.78 is 5.43. The lowest BCUT2D eigenvalue weighted by Crippen LogP contribution is -2.54. The first kappa shape index (κ1) is 13.1. The highest BCUT2D eigenvalue weighted by Gasteiger charge is 2.30. The molecule has 0 aromatic heterocycles. The number of hydrogen-bond acceptors (Lipinski definition) is 3. The first-order valence-corrected chi connectivity index (χ1v) is 6.67. The molecule has 2 N–H and O–H groups in total. The van der Waals surface area contributed by atoms with E-state index >= 15 is 0 Å². The number of ether oxygens (including phenoxy) is 1. The summed E-state index contributed by atoms with van der Waals surface area (Å²) in [4.78, 5) is 20.2.